The quantitative estimate of drug-likeness (QED) is 0.730. The van der Waals surface area contributed by atoms with Crippen LogP contribution in [0.5, 0.6) is 0 Å². The van der Waals surface area contributed by atoms with Gasteiger partial charge in [-0.2, -0.15) is 0 Å². The van der Waals surface area contributed by atoms with Gasteiger partial charge in [0.2, 0.25) is 0 Å². The van der Waals surface area contributed by atoms with Crippen molar-refractivity contribution in [1.29, 1.82) is 0 Å². The largest absolute Gasteiger partial charge is 0.456 e. The summed E-state index contributed by atoms with van der Waals surface area (Å²) in [6, 6.07) is 3.85. The second-order valence-corrected chi connectivity index (χ2v) is 4.13. The van der Waals surface area contributed by atoms with Gasteiger partial charge in [-0.15, -0.1) is 11.3 Å². The molecule has 1 aliphatic rings. The van der Waals surface area contributed by atoms with E-state index in [0.717, 1.165) is 4.88 Å². The lowest BCUT2D eigenvalue weighted by atomic mass is 10.1. The molecule has 1 saturated heterocycles. The number of thiophene rings is 1. The van der Waals surface area contributed by atoms with Crippen molar-refractivity contribution in [2.24, 2.45) is 0 Å². The molecule has 82 valence electrons. The first kappa shape index (κ1) is 10.6. The van der Waals surface area contributed by atoms with Crippen molar-refractivity contribution in [3.05, 3.63) is 22.4 Å². The summed E-state index contributed by atoms with van der Waals surface area (Å²) in [5.74, 6) is 0. The molecule has 0 bridgehead atoms. The number of ether oxygens (including phenoxy) is 3. The van der Waals surface area contributed by atoms with Crippen molar-refractivity contribution >= 4 is 17.8 Å². The van der Waals surface area contributed by atoms with Crippen LogP contribution >= 0.6 is 11.3 Å². The van der Waals surface area contributed by atoms with Crippen LogP contribution in [0.4, 0.5) is 0 Å². The highest BCUT2D eigenvalue weighted by molar-refractivity contribution is 7.10. The lowest BCUT2D eigenvalue weighted by molar-refractivity contribution is -0.161. The Hall–Kier alpha value is -0.910. The van der Waals surface area contributed by atoms with E-state index in [9.17, 15) is 4.79 Å². The molecule has 0 amide bonds. The van der Waals surface area contributed by atoms with Crippen molar-refractivity contribution in [2.75, 3.05) is 19.8 Å². The van der Waals surface area contributed by atoms with Gasteiger partial charge in [-0.3, -0.25) is 4.79 Å². The summed E-state index contributed by atoms with van der Waals surface area (Å²) in [6.45, 7) is 2.09. The normalized spacial score (nSPS) is 23.3. The van der Waals surface area contributed by atoms with Crippen LogP contribution in [0.1, 0.15) is 11.0 Å². The third kappa shape index (κ3) is 2.56. The van der Waals surface area contributed by atoms with Crippen LogP contribution in [-0.4, -0.2) is 32.4 Å². The Morgan fingerprint density at radius 1 is 1.60 bits per heavy atom. The average molecular weight is 228 g/mol. The van der Waals surface area contributed by atoms with Crippen molar-refractivity contribution in [2.45, 2.75) is 12.2 Å². The Morgan fingerprint density at radius 3 is 3.13 bits per heavy atom. The van der Waals surface area contributed by atoms with Gasteiger partial charge in [0.15, 0.2) is 6.10 Å². The van der Waals surface area contributed by atoms with Crippen LogP contribution in [0, 0.1) is 0 Å². The number of hydrogen-bond acceptors (Lipinski definition) is 5. The second-order valence-electron chi connectivity index (χ2n) is 3.15. The minimum absolute atomic E-state index is 0.192. The molecular formula is C10H12O4S. The summed E-state index contributed by atoms with van der Waals surface area (Å²) < 4.78 is 15.9. The minimum atomic E-state index is -0.345. The van der Waals surface area contributed by atoms with E-state index in [1.165, 1.54) is 0 Å². The monoisotopic (exact) mass is 228 g/mol. The topological polar surface area (TPSA) is 44.8 Å². The van der Waals surface area contributed by atoms with Crippen molar-refractivity contribution in [1.82, 2.24) is 0 Å². The van der Waals surface area contributed by atoms with Crippen molar-refractivity contribution in [3.8, 4) is 0 Å². The summed E-state index contributed by atoms with van der Waals surface area (Å²) in [5, 5.41) is 1.94. The second kappa shape index (κ2) is 5.25. The fraction of sp³-hybridized carbons (Fsp3) is 0.500. The molecule has 0 aromatic carbocycles. The molecule has 0 saturated carbocycles. The van der Waals surface area contributed by atoms with Crippen LogP contribution in [-0.2, 0) is 19.0 Å². The smallest absolute Gasteiger partial charge is 0.293 e. The molecule has 15 heavy (non-hydrogen) atoms. The maximum Gasteiger partial charge on any atom is 0.293 e. The number of rotatable bonds is 4. The number of carbonyl (C=O) groups is 1. The highest BCUT2D eigenvalue weighted by Crippen LogP contribution is 2.28. The van der Waals surface area contributed by atoms with Gasteiger partial charge in [0.1, 0.15) is 6.10 Å². The van der Waals surface area contributed by atoms with Crippen LogP contribution in [0.15, 0.2) is 17.5 Å². The zero-order chi connectivity index (χ0) is 10.5. The maximum absolute atomic E-state index is 10.4. The lowest BCUT2D eigenvalue weighted by Crippen LogP contribution is -2.34. The van der Waals surface area contributed by atoms with E-state index in [1.54, 1.807) is 11.3 Å². The third-order valence-corrected chi connectivity index (χ3v) is 3.14. The van der Waals surface area contributed by atoms with Crippen LogP contribution < -0.4 is 0 Å². The van der Waals surface area contributed by atoms with E-state index in [-0.39, 0.29) is 12.2 Å². The van der Waals surface area contributed by atoms with Crippen LogP contribution in [0.3, 0.4) is 0 Å². The highest BCUT2D eigenvalue weighted by atomic mass is 32.1. The third-order valence-electron chi connectivity index (χ3n) is 2.21. The van der Waals surface area contributed by atoms with Gasteiger partial charge >= 0.3 is 0 Å². The molecule has 2 unspecified atom stereocenters. The van der Waals surface area contributed by atoms with Gasteiger partial charge in [0.25, 0.3) is 6.47 Å². The molecule has 2 heterocycles. The molecule has 0 N–H and O–H groups in total. The zero-order valence-corrected chi connectivity index (χ0v) is 8.94. The molecule has 1 aromatic rings. The van der Waals surface area contributed by atoms with Crippen LogP contribution in [0.2, 0.25) is 0 Å². The minimum Gasteiger partial charge on any atom is -0.456 e. The zero-order valence-electron chi connectivity index (χ0n) is 8.13. The molecule has 5 heteroatoms. The summed E-state index contributed by atoms with van der Waals surface area (Å²) in [7, 11) is 0. The first-order chi connectivity index (χ1) is 7.42. The Bertz CT molecular complexity index is 292. The van der Waals surface area contributed by atoms with Crippen molar-refractivity contribution in [3.63, 3.8) is 0 Å². The average Bonchev–Trinajstić information content (AvgIpc) is 2.80. The predicted molar refractivity (Wildman–Crippen MR) is 54.8 cm³/mol. The lowest BCUT2D eigenvalue weighted by Gasteiger charge is -2.28. The molecule has 2 atom stereocenters. The number of hydrogen-bond donors (Lipinski definition) is 0. The first-order valence-electron chi connectivity index (χ1n) is 4.73. The maximum atomic E-state index is 10.4. The van der Waals surface area contributed by atoms with Crippen molar-refractivity contribution < 1.29 is 19.0 Å². The van der Waals surface area contributed by atoms with E-state index >= 15 is 0 Å². The first-order valence-corrected chi connectivity index (χ1v) is 5.61. The fourth-order valence-electron chi connectivity index (χ4n) is 1.53. The molecule has 0 spiro atoms. The van der Waals surface area contributed by atoms with Gasteiger partial charge in [0, 0.05) is 4.88 Å². The van der Waals surface area contributed by atoms with Crippen LogP contribution in [0.25, 0.3) is 0 Å². The van der Waals surface area contributed by atoms with E-state index in [0.29, 0.717) is 26.3 Å². The van der Waals surface area contributed by atoms with E-state index in [2.05, 4.69) is 0 Å². The molecule has 0 radical (unpaired) electrons. The molecule has 0 aliphatic carbocycles. The Kier molecular flexibility index (Phi) is 3.71. The van der Waals surface area contributed by atoms with E-state index < -0.39 is 0 Å². The molecule has 4 nitrogen and oxygen atoms in total. The molecule has 2 rings (SSSR count). The summed E-state index contributed by atoms with van der Waals surface area (Å²) in [5.41, 5.74) is 0. The Balaban J connectivity index is 2.07. The summed E-state index contributed by atoms with van der Waals surface area (Å²) in [6.07, 6.45) is -0.537. The van der Waals surface area contributed by atoms with Gasteiger partial charge in [0.05, 0.1) is 19.8 Å². The standard InChI is InChI=1S/C10H12O4S/c11-7-14-10(9-2-1-5-15-9)8-6-12-3-4-13-8/h1-2,5,7-8,10H,3-4,6H2. The highest BCUT2D eigenvalue weighted by Gasteiger charge is 2.28. The number of carbonyl (C=O) groups excluding carboxylic acids is 1. The molecule has 1 aliphatic heterocycles. The van der Waals surface area contributed by atoms with Gasteiger partial charge < -0.3 is 14.2 Å². The predicted octanol–water partition coefficient (Wildman–Crippen LogP) is 1.38. The van der Waals surface area contributed by atoms with E-state index in [1.807, 2.05) is 17.5 Å². The Morgan fingerprint density at radius 2 is 2.53 bits per heavy atom. The Labute approximate surface area is 91.8 Å². The van der Waals surface area contributed by atoms with Gasteiger partial charge in [-0.1, -0.05) is 6.07 Å². The summed E-state index contributed by atoms with van der Waals surface area (Å²) >= 11 is 1.55. The SMILES string of the molecule is O=COC(c1cccs1)C1COCCO1. The molecule has 1 fully saturated rings. The molecular weight excluding hydrogens is 216 g/mol. The van der Waals surface area contributed by atoms with Gasteiger partial charge in [-0.25, -0.2) is 0 Å². The fourth-order valence-corrected chi connectivity index (χ4v) is 2.34. The summed E-state index contributed by atoms with van der Waals surface area (Å²) in [4.78, 5) is 11.4. The van der Waals surface area contributed by atoms with Gasteiger partial charge in [-0.05, 0) is 11.4 Å². The molecule has 1 aromatic heterocycles. The van der Waals surface area contributed by atoms with E-state index in [4.69, 9.17) is 14.2 Å².